The Bertz CT molecular complexity index is 675. The van der Waals surface area contributed by atoms with Crippen molar-refractivity contribution in [3.8, 4) is 0 Å². The number of hydrogen-bond acceptors (Lipinski definition) is 7. The summed E-state index contributed by atoms with van der Waals surface area (Å²) in [5.41, 5.74) is 0.502. The molecule has 8 heteroatoms. The lowest BCUT2D eigenvalue weighted by molar-refractivity contribution is -0.141. The monoisotopic (exact) mass is 305 g/mol. The van der Waals surface area contributed by atoms with Gasteiger partial charge in [-0.3, -0.25) is 4.79 Å². The van der Waals surface area contributed by atoms with E-state index in [-0.39, 0.29) is 18.1 Å². The zero-order chi connectivity index (χ0) is 15.6. The standard InChI is InChI=1S/C14H19N5O3/c1-21-11(20)7-19-13-10(6-18-19)12(16-9-17-13)15-8-14(22-2)4-3-5-14/h6,9H,3-5,7-8H2,1-2H3,(H,15,16,17). The maximum atomic E-state index is 11.4. The Morgan fingerprint density at radius 2 is 2.23 bits per heavy atom. The molecular formula is C14H19N5O3. The molecule has 1 aliphatic carbocycles. The number of aromatic nitrogens is 4. The van der Waals surface area contributed by atoms with Crippen molar-refractivity contribution < 1.29 is 14.3 Å². The van der Waals surface area contributed by atoms with Gasteiger partial charge in [0.1, 0.15) is 18.7 Å². The van der Waals surface area contributed by atoms with E-state index in [1.165, 1.54) is 24.5 Å². The van der Waals surface area contributed by atoms with Crippen molar-refractivity contribution in [2.24, 2.45) is 0 Å². The minimum atomic E-state index is -0.370. The number of nitrogens with one attached hydrogen (secondary N) is 1. The lowest BCUT2D eigenvalue weighted by Gasteiger charge is -2.40. The summed E-state index contributed by atoms with van der Waals surface area (Å²) in [6, 6.07) is 0. The molecule has 118 valence electrons. The highest BCUT2D eigenvalue weighted by molar-refractivity contribution is 5.86. The molecule has 2 aromatic heterocycles. The van der Waals surface area contributed by atoms with Crippen LogP contribution in [0.5, 0.6) is 0 Å². The molecule has 0 saturated heterocycles. The molecule has 1 fully saturated rings. The quantitative estimate of drug-likeness (QED) is 0.795. The number of esters is 1. The molecule has 0 spiro atoms. The van der Waals surface area contributed by atoms with Crippen molar-refractivity contribution in [2.45, 2.75) is 31.4 Å². The third-order valence-electron chi connectivity index (χ3n) is 4.22. The van der Waals surface area contributed by atoms with E-state index in [0.29, 0.717) is 18.0 Å². The Labute approximate surface area is 127 Å². The molecule has 3 rings (SSSR count). The van der Waals surface area contributed by atoms with Gasteiger partial charge in [-0.1, -0.05) is 0 Å². The Morgan fingerprint density at radius 3 is 2.86 bits per heavy atom. The molecule has 0 aliphatic heterocycles. The number of nitrogens with zero attached hydrogens (tertiary/aromatic N) is 4. The van der Waals surface area contributed by atoms with Gasteiger partial charge in [-0.2, -0.15) is 5.10 Å². The normalized spacial score (nSPS) is 16.3. The third-order valence-corrected chi connectivity index (χ3v) is 4.22. The fourth-order valence-corrected chi connectivity index (χ4v) is 2.61. The molecule has 1 saturated carbocycles. The van der Waals surface area contributed by atoms with Gasteiger partial charge < -0.3 is 14.8 Å². The largest absolute Gasteiger partial charge is 0.468 e. The van der Waals surface area contributed by atoms with Gasteiger partial charge in [-0.25, -0.2) is 14.6 Å². The molecule has 1 aliphatic rings. The maximum absolute atomic E-state index is 11.4. The van der Waals surface area contributed by atoms with Gasteiger partial charge in [0.15, 0.2) is 5.65 Å². The predicted molar refractivity (Wildman–Crippen MR) is 79.4 cm³/mol. The van der Waals surface area contributed by atoms with E-state index in [0.717, 1.165) is 18.2 Å². The molecule has 1 N–H and O–H groups in total. The highest BCUT2D eigenvalue weighted by Gasteiger charge is 2.36. The molecular weight excluding hydrogens is 286 g/mol. The second kappa shape index (κ2) is 5.88. The van der Waals surface area contributed by atoms with Crippen molar-refractivity contribution in [1.82, 2.24) is 19.7 Å². The fourth-order valence-electron chi connectivity index (χ4n) is 2.61. The first-order valence-electron chi connectivity index (χ1n) is 7.20. The highest BCUT2D eigenvalue weighted by Crippen LogP contribution is 2.35. The van der Waals surface area contributed by atoms with Crippen LogP contribution in [0.15, 0.2) is 12.5 Å². The van der Waals surface area contributed by atoms with Crippen LogP contribution >= 0.6 is 0 Å². The molecule has 0 aromatic carbocycles. The first-order chi connectivity index (χ1) is 10.7. The van der Waals surface area contributed by atoms with Crippen LogP contribution in [0.25, 0.3) is 11.0 Å². The van der Waals surface area contributed by atoms with E-state index in [1.54, 1.807) is 13.3 Å². The topological polar surface area (TPSA) is 91.2 Å². The van der Waals surface area contributed by atoms with Crippen LogP contribution < -0.4 is 5.32 Å². The Hall–Kier alpha value is -2.22. The number of methoxy groups -OCH3 is 2. The lowest BCUT2D eigenvalue weighted by Crippen LogP contribution is -2.45. The minimum absolute atomic E-state index is 0.0263. The summed E-state index contributed by atoms with van der Waals surface area (Å²) in [5, 5.41) is 8.28. The highest BCUT2D eigenvalue weighted by atomic mass is 16.5. The first-order valence-corrected chi connectivity index (χ1v) is 7.20. The third kappa shape index (κ3) is 2.61. The number of hydrogen-bond donors (Lipinski definition) is 1. The van der Waals surface area contributed by atoms with E-state index >= 15 is 0 Å². The van der Waals surface area contributed by atoms with E-state index in [2.05, 4.69) is 25.1 Å². The predicted octanol–water partition coefficient (Wildman–Crippen LogP) is 0.980. The average Bonchev–Trinajstić information content (AvgIpc) is 2.90. The van der Waals surface area contributed by atoms with Crippen molar-refractivity contribution >= 4 is 22.8 Å². The van der Waals surface area contributed by atoms with Crippen molar-refractivity contribution in [3.63, 3.8) is 0 Å². The number of carbonyl (C=O) groups is 1. The van der Waals surface area contributed by atoms with Gasteiger partial charge in [-0.05, 0) is 19.3 Å². The number of fused-ring (bicyclic) bond motifs is 1. The molecule has 0 atom stereocenters. The van der Waals surface area contributed by atoms with E-state index in [1.807, 2.05) is 0 Å². The summed E-state index contributed by atoms with van der Waals surface area (Å²) < 4.78 is 11.8. The minimum Gasteiger partial charge on any atom is -0.468 e. The number of rotatable bonds is 6. The van der Waals surface area contributed by atoms with Crippen molar-refractivity contribution in [1.29, 1.82) is 0 Å². The molecule has 0 unspecified atom stereocenters. The SMILES string of the molecule is COC(=O)Cn1ncc2c(NCC3(OC)CCC3)ncnc21. The zero-order valence-corrected chi connectivity index (χ0v) is 12.7. The Balaban J connectivity index is 1.80. The van der Waals surface area contributed by atoms with Crippen LogP contribution in [0.4, 0.5) is 5.82 Å². The molecule has 2 heterocycles. The van der Waals surface area contributed by atoms with Crippen LogP contribution in [-0.4, -0.2) is 52.1 Å². The summed E-state index contributed by atoms with van der Waals surface area (Å²) in [5.74, 6) is 0.329. The molecule has 0 radical (unpaired) electrons. The number of ether oxygens (including phenoxy) is 2. The van der Waals surface area contributed by atoms with Crippen LogP contribution in [-0.2, 0) is 20.8 Å². The summed E-state index contributed by atoms with van der Waals surface area (Å²) in [4.78, 5) is 19.9. The van der Waals surface area contributed by atoms with Crippen molar-refractivity contribution in [3.05, 3.63) is 12.5 Å². The van der Waals surface area contributed by atoms with Gasteiger partial charge >= 0.3 is 5.97 Å². The van der Waals surface area contributed by atoms with Gasteiger partial charge in [0.05, 0.1) is 24.3 Å². The first kappa shape index (κ1) is 14.7. The van der Waals surface area contributed by atoms with Gasteiger partial charge in [0.25, 0.3) is 0 Å². The second-order valence-corrected chi connectivity index (χ2v) is 5.43. The van der Waals surface area contributed by atoms with Crippen LogP contribution in [0.3, 0.4) is 0 Å². The van der Waals surface area contributed by atoms with Gasteiger partial charge in [0.2, 0.25) is 0 Å². The lowest BCUT2D eigenvalue weighted by atomic mass is 9.80. The van der Waals surface area contributed by atoms with Crippen LogP contribution in [0, 0.1) is 0 Å². The summed E-state index contributed by atoms with van der Waals surface area (Å²) in [6.45, 7) is 0.719. The Kier molecular flexibility index (Phi) is 3.93. The maximum Gasteiger partial charge on any atom is 0.327 e. The van der Waals surface area contributed by atoms with Crippen LogP contribution in [0.1, 0.15) is 19.3 Å². The van der Waals surface area contributed by atoms with E-state index in [4.69, 9.17) is 4.74 Å². The number of carbonyl (C=O) groups excluding carboxylic acids is 1. The molecule has 0 amide bonds. The summed E-state index contributed by atoms with van der Waals surface area (Å²) >= 11 is 0. The van der Waals surface area contributed by atoms with Crippen molar-refractivity contribution in [2.75, 3.05) is 26.1 Å². The molecule has 8 nitrogen and oxygen atoms in total. The van der Waals surface area contributed by atoms with E-state index in [9.17, 15) is 4.79 Å². The summed E-state index contributed by atoms with van der Waals surface area (Å²) in [7, 11) is 3.09. The molecule has 2 aromatic rings. The average molecular weight is 305 g/mol. The van der Waals surface area contributed by atoms with E-state index < -0.39 is 0 Å². The molecule has 22 heavy (non-hydrogen) atoms. The second-order valence-electron chi connectivity index (χ2n) is 5.43. The van der Waals surface area contributed by atoms with Crippen LogP contribution in [0.2, 0.25) is 0 Å². The van der Waals surface area contributed by atoms with Gasteiger partial charge in [-0.15, -0.1) is 0 Å². The fraction of sp³-hybridized carbons (Fsp3) is 0.571. The number of anilines is 1. The smallest absolute Gasteiger partial charge is 0.327 e. The van der Waals surface area contributed by atoms with Gasteiger partial charge in [0, 0.05) is 13.7 Å². The molecule has 0 bridgehead atoms. The Morgan fingerprint density at radius 1 is 1.41 bits per heavy atom. The summed E-state index contributed by atoms with van der Waals surface area (Å²) in [6.07, 6.45) is 6.39. The zero-order valence-electron chi connectivity index (χ0n) is 12.7.